The van der Waals surface area contributed by atoms with Crippen molar-refractivity contribution in [3.8, 4) is 0 Å². The highest BCUT2D eigenvalue weighted by atomic mass is 16.7. The van der Waals surface area contributed by atoms with Crippen LogP contribution in [-0.2, 0) is 43.4 Å². The first-order chi connectivity index (χ1) is 19.0. The Morgan fingerprint density at radius 1 is 0.694 bits per heavy atom. The predicted molar refractivity (Wildman–Crippen MR) is 137 cm³/mol. The van der Waals surface area contributed by atoms with Crippen molar-refractivity contribution in [2.75, 3.05) is 13.2 Å². The van der Waals surface area contributed by atoms with Gasteiger partial charge >= 0.3 is 0 Å². The van der Waals surface area contributed by atoms with Crippen molar-refractivity contribution >= 4 is 0 Å². The van der Waals surface area contributed by atoms with Gasteiger partial charge in [0.15, 0.2) is 6.29 Å². The summed E-state index contributed by atoms with van der Waals surface area (Å²) in [5, 5.41) is 10.3. The summed E-state index contributed by atoms with van der Waals surface area (Å²) in [6, 6.07) is 27.0. The molecule has 190 valence electrons. The van der Waals surface area contributed by atoms with Crippen LogP contribution in [0.1, 0.15) is 20.8 Å². The summed E-state index contributed by atoms with van der Waals surface area (Å²) in [5.41, 5.74) is 1.80. The third kappa shape index (κ3) is 7.34. The molecule has 1 aliphatic heterocycles. The Balaban J connectivity index is 1.69. The molecular formula is C30H34O6. The highest BCUT2D eigenvalue weighted by Gasteiger charge is 2.48. The standard InChI is InChI=1S/C30H34O6/c1-2-18-32-30-29(35-22-25-16-10-5-11-17-25)28(34-21-24-14-8-4-9-15-24)27(26(19-31)36-30)33-20-23-12-6-3-7-13-23/h2-17,26-31H,1,18-22H2/t26-,27+,28+,29-,30?/m1/s1/i20D,21D,22D/t20?,21?,22?,26-,27+,28+,29-,30?. The molecule has 4 rings (SSSR count). The SMILES string of the molecule is [2H]C(O[C@@H]1[C@H](OC([2H])c2ccccc2)[C@@H](OC([2H])c2ccccc2)C(OCC=C)O[C@@H]1CO)c1ccccc1. The van der Waals surface area contributed by atoms with Crippen molar-refractivity contribution in [2.24, 2.45) is 0 Å². The van der Waals surface area contributed by atoms with Crippen LogP contribution < -0.4 is 0 Å². The van der Waals surface area contributed by atoms with Crippen molar-refractivity contribution in [1.29, 1.82) is 0 Å². The molecule has 3 aromatic rings. The van der Waals surface area contributed by atoms with Gasteiger partial charge in [0.05, 0.1) is 37.1 Å². The molecule has 6 heteroatoms. The predicted octanol–water partition coefficient (Wildman–Crippen LogP) is 4.66. The van der Waals surface area contributed by atoms with Gasteiger partial charge in [-0.1, -0.05) is 97.1 Å². The molecule has 1 N–H and O–H groups in total. The minimum atomic E-state index is -1.15. The molecule has 0 radical (unpaired) electrons. The Morgan fingerprint density at radius 2 is 1.14 bits per heavy atom. The fourth-order valence-electron chi connectivity index (χ4n) is 3.85. The number of aliphatic hydroxyl groups is 1. The molecule has 0 aliphatic carbocycles. The molecule has 3 aromatic carbocycles. The molecule has 4 unspecified atom stereocenters. The highest BCUT2D eigenvalue weighted by Crippen LogP contribution is 2.31. The van der Waals surface area contributed by atoms with Crippen LogP contribution >= 0.6 is 0 Å². The Bertz CT molecular complexity index is 1120. The molecule has 1 heterocycles. The minimum absolute atomic E-state index is 0.114. The van der Waals surface area contributed by atoms with Gasteiger partial charge in [0.25, 0.3) is 0 Å². The lowest BCUT2D eigenvalue weighted by molar-refractivity contribution is -0.324. The van der Waals surface area contributed by atoms with Crippen LogP contribution in [0.3, 0.4) is 0 Å². The molecule has 6 nitrogen and oxygen atoms in total. The normalized spacial score (nSPS) is 27.7. The van der Waals surface area contributed by atoms with Gasteiger partial charge in [-0.3, -0.25) is 0 Å². The summed E-state index contributed by atoms with van der Waals surface area (Å²) in [7, 11) is 0. The van der Waals surface area contributed by atoms with Crippen LogP contribution in [-0.4, -0.2) is 49.0 Å². The summed E-state index contributed by atoms with van der Waals surface area (Å²) in [4.78, 5) is 0. The van der Waals surface area contributed by atoms with E-state index in [0.717, 1.165) is 0 Å². The zero-order valence-corrected chi connectivity index (χ0v) is 20.0. The third-order valence-electron chi connectivity index (χ3n) is 5.63. The fraction of sp³-hybridized carbons (Fsp3) is 0.333. The van der Waals surface area contributed by atoms with Crippen molar-refractivity contribution in [2.45, 2.75) is 50.5 Å². The van der Waals surface area contributed by atoms with Crippen LogP contribution in [0, 0.1) is 0 Å². The quantitative estimate of drug-likeness (QED) is 0.349. The van der Waals surface area contributed by atoms with E-state index in [1.165, 1.54) is 0 Å². The molecule has 1 aliphatic rings. The first-order valence-electron chi connectivity index (χ1n) is 13.6. The number of benzene rings is 3. The van der Waals surface area contributed by atoms with E-state index in [1.807, 2.05) is 42.5 Å². The number of rotatable bonds is 13. The Morgan fingerprint density at radius 3 is 1.58 bits per heavy atom. The largest absolute Gasteiger partial charge is 0.394 e. The van der Waals surface area contributed by atoms with Crippen LogP contribution in [0.4, 0.5) is 0 Å². The molecule has 1 saturated heterocycles. The zero-order chi connectivity index (χ0) is 27.6. The van der Waals surface area contributed by atoms with E-state index >= 15 is 0 Å². The van der Waals surface area contributed by atoms with Gasteiger partial charge in [0.2, 0.25) is 0 Å². The molecule has 8 atom stereocenters. The maximum absolute atomic E-state index is 10.3. The van der Waals surface area contributed by atoms with Gasteiger partial charge in [-0.2, -0.15) is 0 Å². The van der Waals surface area contributed by atoms with Crippen LogP contribution in [0.15, 0.2) is 104 Å². The summed E-state index contributed by atoms with van der Waals surface area (Å²) in [6.45, 7) is -0.0540. The van der Waals surface area contributed by atoms with Crippen LogP contribution in [0.5, 0.6) is 0 Å². The van der Waals surface area contributed by atoms with E-state index in [2.05, 4.69) is 6.58 Å². The smallest absolute Gasteiger partial charge is 0.187 e. The molecular weight excluding hydrogens is 456 g/mol. The van der Waals surface area contributed by atoms with E-state index in [0.29, 0.717) is 16.7 Å². The Hall–Kier alpha value is -2.84. The van der Waals surface area contributed by atoms with Crippen molar-refractivity contribution in [3.63, 3.8) is 0 Å². The highest BCUT2D eigenvalue weighted by molar-refractivity contribution is 5.15. The van der Waals surface area contributed by atoms with Gasteiger partial charge in [-0.15, -0.1) is 6.58 Å². The lowest BCUT2D eigenvalue weighted by Crippen LogP contribution is -2.61. The first kappa shape index (κ1) is 22.4. The third-order valence-corrected chi connectivity index (χ3v) is 5.63. The summed E-state index contributed by atoms with van der Waals surface area (Å²) in [5.74, 6) is 0. The van der Waals surface area contributed by atoms with Crippen molar-refractivity contribution in [3.05, 3.63) is 120 Å². The van der Waals surface area contributed by atoms with Gasteiger partial charge in [-0.25, -0.2) is 0 Å². The zero-order valence-electron chi connectivity index (χ0n) is 23.0. The second kappa shape index (κ2) is 14.0. The average Bonchev–Trinajstić information content (AvgIpc) is 2.99. The summed E-state index contributed by atoms with van der Waals surface area (Å²) in [6.07, 6.45) is -3.57. The molecule has 1 fully saturated rings. The summed E-state index contributed by atoms with van der Waals surface area (Å²) < 4.78 is 56.7. The Labute approximate surface area is 217 Å². The number of hydrogen-bond acceptors (Lipinski definition) is 6. The number of ether oxygens (including phenoxy) is 5. The van der Waals surface area contributed by atoms with Gasteiger partial charge < -0.3 is 28.8 Å². The molecule has 0 saturated carbocycles. The molecule has 0 bridgehead atoms. The van der Waals surface area contributed by atoms with Crippen molar-refractivity contribution < 1.29 is 32.9 Å². The van der Waals surface area contributed by atoms with Gasteiger partial charge in [0.1, 0.15) is 24.4 Å². The second-order valence-corrected chi connectivity index (χ2v) is 8.24. The number of aliphatic hydroxyl groups excluding tert-OH is 1. The lowest BCUT2D eigenvalue weighted by Gasteiger charge is -2.45. The summed E-state index contributed by atoms with van der Waals surface area (Å²) >= 11 is 0. The number of hydrogen-bond donors (Lipinski definition) is 1. The van der Waals surface area contributed by atoms with E-state index in [9.17, 15) is 5.11 Å². The molecule has 0 aromatic heterocycles. The van der Waals surface area contributed by atoms with E-state index in [1.54, 1.807) is 54.6 Å². The monoisotopic (exact) mass is 493 g/mol. The van der Waals surface area contributed by atoms with E-state index in [4.69, 9.17) is 27.8 Å². The van der Waals surface area contributed by atoms with Crippen molar-refractivity contribution in [1.82, 2.24) is 0 Å². The first-order valence-corrected chi connectivity index (χ1v) is 11.9. The molecule has 0 amide bonds. The minimum Gasteiger partial charge on any atom is -0.394 e. The maximum Gasteiger partial charge on any atom is 0.187 e. The van der Waals surface area contributed by atoms with Crippen LogP contribution in [0.2, 0.25) is 0 Å². The van der Waals surface area contributed by atoms with Crippen LogP contribution in [0.25, 0.3) is 0 Å². The topological polar surface area (TPSA) is 66.4 Å². The molecule has 0 spiro atoms. The second-order valence-electron chi connectivity index (χ2n) is 8.24. The fourth-order valence-corrected chi connectivity index (χ4v) is 3.85. The van der Waals surface area contributed by atoms with Gasteiger partial charge in [0, 0.05) is 0 Å². The Kier molecular flexibility index (Phi) is 8.72. The average molecular weight is 494 g/mol. The van der Waals surface area contributed by atoms with E-state index < -0.39 is 57.1 Å². The maximum atomic E-state index is 10.3. The molecule has 36 heavy (non-hydrogen) atoms. The lowest BCUT2D eigenvalue weighted by atomic mass is 9.98. The van der Waals surface area contributed by atoms with E-state index in [-0.39, 0.29) is 6.61 Å². The van der Waals surface area contributed by atoms with Gasteiger partial charge in [-0.05, 0) is 16.7 Å².